The van der Waals surface area contributed by atoms with Crippen molar-refractivity contribution in [2.45, 2.75) is 30.9 Å². The summed E-state index contributed by atoms with van der Waals surface area (Å²) < 4.78 is 25.8. The van der Waals surface area contributed by atoms with Crippen molar-refractivity contribution in [1.29, 1.82) is 0 Å². The minimum atomic E-state index is -3.44. The summed E-state index contributed by atoms with van der Waals surface area (Å²) >= 11 is 1.54. The molecule has 0 radical (unpaired) electrons. The van der Waals surface area contributed by atoms with Crippen LogP contribution in [0.15, 0.2) is 51.0 Å². The van der Waals surface area contributed by atoms with Gasteiger partial charge in [-0.2, -0.15) is 11.3 Å². The van der Waals surface area contributed by atoms with E-state index in [1.54, 1.807) is 42.5 Å². The fraction of sp³-hybridized carbons (Fsp3) is 0.389. The van der Waals surface area contributed by atoms with Gasteiger partial charge in [-0.3, -0.25) is 0 Å². The van der Waals surface area contributed by atoms with Crippen LogP contribution in [0.2, 0.25) is 0 Å². The van der Waals surface area contributed by atoms with Crippen molar-refractivity contribution in [3.05, 3.63) is 52.2 Å². The van der Waals surface area contributed by atoms with Gasteiger partial charge < -0.3 is 15.7 Å². The molecule has 2 aromatic rings. The van der Waals surface area contributed by atoms with E-state index in [1.807, 2.05) is 23.8 Å². The molecule has 2 rings (SSSR count). The number of hydrogen-bond acceptors (Lipinski definition) is 5. The first-order valence-corrected chi connectivity index (χ1v) is 11.0. The smallest absolute Gasteiger partial charge is 0.240 e. The average Bonchev–Trinajstić information content (AvgIpc) is 3.20. The van der Waals surface area contributed by atoms with Gasteiger partial charge in [-0.25, -0.2) is 18.1 Å². The monoisotopic (exact) mass is 538 g/mol. The number of guanidine groups is 1. The first-order chi connectivity index (χ1) is 12.8. The molecule has 10 heteroatoms. The summed E-state index contributed by atoms with van der Waals surface area (Å²) in [4.78, 5) is 4.72. The zero-order valence-corrected chi connectivity index (χ0v) is 20.1. The predicted octanol–water partition coefficient (Wildman–Crippen LogP) is 2.24. The van der Waals surface area contributed by atoms with Gasteiger partial charge in [0, 0.05) is 6.54 Å². The number of aliphatic hydroxyl groups is 1. The van der Waals surface area contributed by atoms with Gasteiger partial charge in [0.1, 0.15) is 5.60 Å². The van der Waals surface area contributed by atoms with Gasteiger partial charge in [0.25, 0.3) is 0 Å². The van der Waals surface area contributed by atoms with Gasteiger partial charge in [0.05, 0.1) is 18.0 Å². The molecule has 1 aromatic heterocycles. The Kier molecular flexibility index (Phi) is 9.84. The number of benzene rings is 1. The first-order valence-electron chi connectivity index (χ1n) is 8.58. The van der Waals surface area contributed by atoms with Crippen molar-refractivity contribution in [2.75, 3.05) is 20.1 Å². The lowest BCUT2D eigenvalue weighted by Gasteiger charge is -2.24. The second-order valence-electron chi connectivity index (χ2n) is 6.19. The van der Waals surface area contributed by atoms with E-state index < -0.39 is 15.6 Å². The SMILES string of the molecule is CCNC(=NCc1ccc(S(=O)(=O)NC)cc1)NCC(C)(O)c1ccsc1.I. The second-order valence-corrected chi connectivity index (χ2v) is 8.85. The highest BCUT2D eigenvalue weighted by Gasteiger charge is 2.23. The number of nitrogens with one attached hydrogen (secondary N) is 3. The number of nitrogens with zero attached hydrogens (tertiary/aromatic N) is 1. The molecule has 0 aliphatic rings. The van der Waals surface area contributed by atoms with Crippen molar-refractivity contribution in [2.24, 2.45) is 4.99 Å². The molecule has 7 nitrogen and oxygen atoms in total. The normalized spacial score (nSPS) is 14.1. The van der Waals surface area contributed by atoms with E-state index in [1.165, 1.54) is 7.05 Å². The highest BCUT2D eigenvalue weighted by molar-refractivity contribution is 14.0. The van der Waals surface area contributed by atoms with Crippen molar-refractivity contribution < 1.29 is 13.5 Å². The lowest BCUT2D eigenvalue weighted by atomic mass is 9.99. The molecule has 1 aromatic carbocycles. The van der Waals surface area contributed by atoms with Crippen LogP contribution in [0.4, 0.5) is 0 Å². The van der Waals surface area contributed by atoms with Crippen LogP contribution in [0.1, 0.15) is 25.0 Å². The Morgan fingerprint density at radius 2 is 1.89 bits per heavy atom. The minimum Gasteiger partial charge on any atom is -0.384 e. The molecule has 0 spiro atoms. The fourth-order valence-electron chi connectivity index (χ4n) is 2.33. The Bertz CT molecular complexity index is 851. The first kappa shape index (κ1) is 24.8. The highest BCUT2D eigenvalue weighted by Crippen LogP contribution is 2.22. The number of thiophene rings is 1. The lowest BCUT2D eigenvalue weighted by molar-refractivity contribution is 0.0621. The van der Waals surface area contributed by atoms with E-state index in [0.29, 0.717) is 25.6 Å². The van der Waals surface area contributed by atoms with Gasteiger partial charge >= 0.3 is 0 Å². The third kappa shape index (κ3) is 6.99. The summed E-state index contributed by atoms with van der Waals surface area (Å²) in [5.41, 5.74) is 0.739. The molecule has 1 unspecified atom stereocenters. The Hall–Kier alpha value is -1.21. The van der Waals surface area contributed by atoms with Crippen molar-refractivity contribution in [3.63, 3.8) is 0 Å². The maximum Gasteiger partial charge on any atom is 0.240 e. The molecule has 0 aliphatic carbocycles. The number of aliphatic imine (C=N–C) groups is 1. The Morgan fingerprint density at radius 3 is 2.43 bits per heavy atom. The molecule has 0 saturated heterocycles. The maximum atomic E-state index is 11.8. The molecule has 0 amide bonds. The van der Waals surface area contributed by atoms with Gasteiger partial charge in [-0.15, -0.1) is 24.0 Å². The molecule has 0 aliphatic heterocycles. The number of hydrogen-bond donors (Lipinski definition) is 4. The van der Waals surface area contributed by atoms with E-state index in [4.69, 9.17) is 0 Å². The summed E-state index contributed by atoms with van der Waals surface area (Å²) in [6.07, 6.45) is 0. The predicted molar refractivity (Wildman–Crippen MR) is 125 cm³/mol. The molecule has 1 atom stereocenters. The molecule has 1 heterocycles. The standard InChI is InChI=1S/C18H26N4O3S2.HI/c1-4-20-17(22-13-18(2,23)15-9-10-26-12-15)21-11-14-5-7-16(8-6-14)27(24,25)19-3;/h5-10,12,19,23H,4,11,13H2,1-3H3,(H2,20,21,22);1H. The van der Waals surface area contributed by atoms with E-state index in [2.05, 4.69) is 20.3 Å². The zero-order valence-electron chi connectivity index (χ0n) is 16.1. The summed E-state index contributed by atoms with van der Waals surface area (Å²) in [6.45, 7) is 5.11. The van der Waals surface area contributed by atoms with Crippen LogP contribution in [-0.4, -0.2) is 39.6 Å². The van der Waals surface area contributed by atoms with Crippen LogP contribution in [0, 0.1) is 0 Å². The minimum absolute atomic E-state index is 0. The third-order valence-corrected chi connectivity index (χ3v) is 6.12. The van der Waals surface area contributed by atoms with Gasteiger partial charge in [0.2, 0.25) is 10.0 Å². The largest absolute Gasteiger partial charge is 0.384 e. The van der Waals surface area contributed by atoms with Crippen LogP contribution in [0.5, 0.6) is 0 Å². The molecule has 0 bridgehead atoms. The Labute approximate surface area is 187 Å². The number of sulfonamides is 1. The summed E-state index contributed by atoms with van der Waals surface area (Å²) in [5.74, 6) is 0.583. The molecule has 4 N–H and O–H groups in total. The van der Waals surface area contributed by atoms with Crippen LogP contribution in [0.3, 0.4) is 0 Å². The van der Waals surface area contributed by atoms with E-state index >= 15 is 0 Å². The van der Waals surface area contributed by atoms with Crippen LogP contribution >= 0.6 is 35.3 Å². The van der Waals surface area contributed by atoms with Crippen molar-refractivity contribution in [3.8, 4) is 0 Å². The average molecular weight is 538 g/mol. The topological polar surface area (TPSA) is 103 Å². The van der Waals surface area contributed by atoms with Crippen LogP contribution < -0.4 is 15.4 Å². The van der Waals surface area contributed by atoms with Gasteiger partial charge in [0.15, 0.2) is 5.96 Å². The molecule has 156 valence electrons. The lowest BCUT2D eigenvalue weighted by Crippen LogP contribution is -2.44. The quantitative estimate of drug-likeness (QED) is 0.235. The van der Waals surface area contributed by atoms with Crippen molar-refractivity contribution >= 4 is 51.3 Å². The number of halogens is 1. The maximum absolute atomic E-state index is 11.8. The molecular weight excluding hydrogens is 511 g/mol. The summed E-state index contributed by atoms with van der Waals surface area (Å²) in [7, 11) is -2.06. The van der Waals surface area contributed by atoms with Gasteiger partial charge in [-0.05, 0) is 61.0 Å². The fourth-order valence-corrected chi connectivity index (χ4v) is 3.85. The van der Waals surface area contributed by atoms with E-state index in [9.17, 15) is 13.5 Å². The molecule has 0 saturated carbocycles. The third-order valence-electron chi connectivity index (χ3n) is 4.01. The highest BCUT2D eigenvalue weighted by atomic mass is 127. The summed E-state index contributed by atoms with van der Waals surface area (Å²) in [6, 6.07) is 8.48. The Balaban J connectivity index is 0.00000392. The second kappa shape index (κ2) is 11.1. The molecule has 28 heavy (non-hydrogen) atoms. The molecular formula is C18H27IN4O3S2. The number of rotatable bonds is 8. The van der Waals surface area contributed by atoms with Crippen LogP contribution in [-0.2, 0) is 22.2 Å². The summed E-state index contributed by atoms with van der Waals surface area (Å²) in [5, 5.41) is 20.8. The van der Waals surface area contributed by atoms with E-state index in [-0.39, 0.29) is 28.9 Å². The van der Waals surface area contributed by atoms with Crippen LogP contribution in [0.25, 0.3) is 0 Å². The zero-order chi connectivity index (χ0) is 19.9. The van der Waals surface area contributed by atoms with E-state index in [0.717, 1.165) is 11.1 Å². The van der Waals surface area contributed by atoms with Crippen molar-refractivity contribution in [1.82, 2.24) is 15.4 Å². The van der Waals surface area contributed by atoms with Gasteiger partial charge in [-0.1, -0.05) is 12.1 Å². The Morgan fingerprint density at radius 1 is 1.21 bits per heavy atom. The molecule has 0 fully saturated rings.